The van der Waals surface area contributed by atoms with Gasteiger partial charge in [-0.25, -0.2) is 19.9 Å². The molecule has 0 unspecified atom stereocenters. The van der Waals surface area contributed by atoms with E-state index in [1.54, 1.807) is 0 Å². The molecule has 22 aromatic rings. The van der Waals surface area contributed by atoms with Gasteiger partial charge in [-0.3, -0.25) is 0 Å². The summed E-state index contributed by atoms with van der Waals surface area (Å²) >= 11 is 6.21. The van der Waals surface area contributed by atoms with Crippen molar-refractivity contribution in [1.29, 1.82) is 0 Å². The molecule has 599 valence electrons. The second-order valence-electron chi connectivity index (χ2n) is 32.6. The first-order valence-electron chi connectivity index (χ1n) is 42.8. The first-order valence-corrected chi connectivity index (χ1v) is 43.2. The van der Waals surface area contributed by atoms with Crippen molar-refractivity contribution in [3.63, 3.8) is 0 Å². The number of aromatic nitrogens is 6. The van der Waals surface area contributed by atoms with Crippen LogP contribution in [0.1, 0.15) is 44.5 Å². The summed E-state index contributed by atoms with van der Waals surface area (Å²) in [6.07, 6.45) is 0. The molecule has 2 spiro atoms. The zero-order valence-electron chi connectivity index (χ0n) is 68.7. The Balaban J connectivity index is 0.000000117. The first kappa shape index (κ1) is 75.4. The Hall–Kier alpha value is -16.3. The van der Waals surface area contributed by atoms with Crippen LogP contribution in [0.15, 0.2) is 433 Å². The summed E-state index contributed by atoms with van der Waals surface area (Å²) in [5.41, 5.74) is 37.2. The average molecular weight is 1660 g/mol. The van der Waals surface area contributed by atoms with Gasteiger partial charge in [0.1, 0.15) is 28.1 Å². The van der Waals surface area contributed by atoms with E-state index in [9.17, 15) is 0 Å². The van der Waals surface area contributed by atoms with Crippen molar-refractivity contribution in [1.82, 2.24) is 29.9 Å². The van der Waals surface area contributed by atoms with Gasteiger partial charge >= 0.3 is 7.69 Å². The zero-order valence-corrected chi connectivity index (χ0v) is 69.5. The fraction of sp³-hybridized carbons (Fsp3) is 0.0172. The highest BCUT2D eigenvalue weighted by atomic mass is 35.5. The average Bonchev–Trinajstić information content (AvgIpc) is 1.51. The molecule has 4 heterocycles. The molecule has 0 saturated carbocycles. The predicted octanol–water partition coefficient (Wildman–Crippen LogP) is 28.5. The minimum absolute atomic E-state index is 0.174. The monoisotopic (exact) mass is 1660 g/mol. The normalized spacial score (nSPS) is 12.7. The first-order chi connectivity index (χ1) is 63.3. The molecule has 12 heteroatoms. The van der Waals surface area contributed by atoms with Gasteiger partial charge in [-0.2, -0.15) is 9.97 Å². The maximum absolute atomic E-state index is 9.09. The Morgan fingerprint density at radius 1 is 0.219 bits per heavy atom. The molecule has 1 radical (unpaired) electrons. The van der Waals surface area contributed by atoms with Gasteiger partial charge in [0.2, 0.25) is 5.28 Å². The highest BCUT2D eigenvalue weighted by molar-refractivity contribution is 6.28. The van der Waals surface area contributed by atoms with Crippen molar-refractivity contribution in [2.75, 3.05) is 0 Å². The molecule has 4 aromatic heterocycles. The summed E-state index contributed by atoms with van der Waals surface area (Å²) in [5.74, 6) is 3.58. The molecule has 18 aromatic carbocycles. The minimum Gasteiger partial charge on any atom is -0.537 e. The lowest BCUT2D eigenvalue weighted by Crippen LogP contribution is -2.25. The number of benzene rings is 18. The van der Waals surface area contributed by atoms with Gasteiger partial charge in [-0.15, -0.1) is 0 Å². The minimum atomic E-state index is -0.408. The molecule has 0 bridgehead atoms. The zero-order chi connectivity index (χ0) is 85.0. The van der Waals surface area contributed by atoms with Gasteiger partial charge in [-0.1, -0.05) is 370 Å². The third kappa shape index (κ3) is 12.3. The van der Waals surface area contributed by atoms with Gasteiger partial charge in [-0.05, 0) is 200 Å². The quantitative estimate of drug-likeness (QED) is 0.125. The van der Waals surface area contributed by atoms with E-state index in [2.05, 4.69) is 312 Å². The smallest absolute Gasteiger partial charge is 0.537 e. The van der Waals surface area contributed by atoms with Gasteiger partial charge in [0, 0.05) is 49.4 Å². The van der Waals surface area contributed by atoms with Crippen LogP contribution in [0, 0.1) is 0 Å². The van der Waals surface area contributed by atoms with E-state index in [4.69, 9.17) is 45.1 Å². The van der Waals surface area contributed by atoms with Crippen LogP contribution in [-0.2, 0) is 10.8 Å². The van der Waals surface area contributed by atoms with E-state index in [0.717, 1.165) is 124 Å². The van der Waals surface area contributed by atoms with Crippen LogP contribution < -0.4 is 4.65 Å². The summed E-state index contributed by atoms with van der Waals surface area (Å²) in [7, 11) is 0.722. The highest BCUT2D eigenvalue weighted by Gasteiger charge is 2.53. The number of nitrogens with zero attached hydrogens (tertiary/aromatic N) is 6. The van der Waals surface area contributed by atoms with Crippen molar-refractivity contribution in [3.8, 4) is 152 Å². The molecule has 0 aliphatic heterocycles. The van der Waals surface area contributed by atoms with E-state index in [1.807, 2.05) is 127 Å². The summed E-state index contributed by atoms with van der Waals surface area (Å²) in [5, 5.41) is 13.7. The molecule has 0 fully saturated rings. The second-order valence-corrected chi connectivity index (χ2v) is 33.0. The van der Waals surface area contributed by atoms with Crippen molar-refractivity contribution < 1.29 is 18.5 Å². The Morgan fingerprint density at radius 2 is 0.492 bits per heavy atom. The second kappa shape index (κ2) is 30.9. The van der Waals surface area contributed by atoms with Crippen LogP contribution in [-0.4, -0.2) is 42.6 Å². The molecule has 1 N–H and O–H groups in total. The number of para-hydroxylation sites is 2. The molecule has 0 atom stereocenters. The van der Waals surface area contributed by atoms with Gasteiger partial charge < -0.3 is 18.5 Å². The largest absolute Gasteiger partial charge is 0.569 e. The van der Waals surface area contributed by atoms with Crippen molar-refractivity contribution >= 4 is 63.2 Å². The van der Waals surface area contributed by atoms with Crippen molar-refractivity contribution in [2.24, 2.45) is 0 Å². The number of hydrogen-bond acceptors (Lipinski definition) is 10. The topological polar surface area (TPSA) is 133 Å². The lowest BCUT2D eigenvalue weighted by Gasteiger charge is -2.30. The standard InChI is InChI=1S/C58H35N3O.C31H20BO2.C27H16ClN3O/c1-2-14-37(15-3-1)55-59-56(38-30-28-36(29-31-38)42-22-13-27-53-54(42)47-21-7-11-26-52(47)62-53)61-57(60-55)41-17-12-16-39(34-41)40-32-33-46-45-20-6-10-25-50(45)58(51(46)35-40)48-23-8-4-18-43(48)44-19-5-9-24-49(44)58;33-32-34-22-9-7-8-20(18-22)21-16-17-26-25-12-3-6-15-29(25)31(30(26)19-21)27-13-4-1-10-23(27)24-11-2-5-14-28(24)31;28-27-30-25(18-7-2-1-3-8-18)29-26(31-27)19-15-13-17(14-16-19)20-10-6-12-23-24(20)21-9-4-5-11-22(21)32-23/h1-35H;1-19,33H;1-16H. The molecule has 128 heavy (non-hydrogen) atoms. The lowest BCUT2D eigenvalue weighted by atomic mass is 9.70. The Bertz CT molecular complexity index is 8070. The van der Waals surface area contributed by atoms with Crippen LogP contribution in [0.3, 0.4) is 0 Å². The predicted molar refractivity (Wildman–Crippen MR) is 516 cm³/mol. The molecule has 4 aliphatic rings. The SMILES string of the molecule is Clc1nc(-c2ccccc2)nc(-c2ccc(-c3cccc4oc5ccccc5c34)cc2)n1.O[B]Oc1cccc(-c2ccc3c(c2)C2(c4ccccc4-c4ccccc42)c2ccccc2-3)c1.c1ccc(-c2nc(-c3ccc(-c4cccc5oc6ccccc6c45)cc3)nc(-c3cccc(-c4ccc5c(c4)C4(c6ccccc6-c6ccccc64)c4ccccc4-5)c3)n2)cc1. The Labute approximate surface area is 743 Å². The molecule has 10 nitrogen and oxygen atoms in total. The number of rotatable bonds is 11. The van der Waals surface area contributed by atoms with Gasteiger partial charge in [0.15, 0.2) is 29.1 Å². The van der Waals surface area contributed by atoms with Crippen LogP contribution in [0.2, 0.25) is 5.28 Å². The van der Waals surface area contributed by atoms with Gasteiger partial charge in [0.05, 0.1) is 10.8 Å². The van der Waals surface area contributed by atoms with Crippen LogP contribution in [0.5, 0.6) is 5.75 Å². The van der Waals surface area contributed by atoms with Crippen LogP contribution in [0.25, 0.3) is 190 Å². The molecule has 4 aliphatic carbocycles. The number of halogens is 1. The highest BCUT2D eigenvalue weighted by Crippen LogP contribution is 2.65. The number of fused-ring (bicyclic) bond motifs is 26. The fourth-order valence-electron chi connectivity index (χ4n) is 20.4. The molecular weight excluding hydrogens is 1590 g/mol. The summed E-state index contributed by atoms with van der Waals surface area (Å²) in [4.78, 5) is 28.6. The van der Waals surface area contributed by atoms with Crippen LogP contribution in [0.4, 0.5) is 0 Å². The van der Waals surface area contributed by atoms with E-state index >= 15 is 0 Å². The Kier molecular flexibility index (Phi) is 18.2. The molecule has 0 saturated heterocycles. The van der Waals surface area contributed by atoms with Crippen molar-refractivity contribution in [2.45, 2.75) is 10.8 Å². The third-order valence-corrected chi connectivity index (χ3v) is 26.0. The summed E-state index contributed by atoms with van der Waals surface area (Å²) in [6, 6.07) is 149. The third-order valence-electron chi connectivity index (χ3n) is 25.8. The maximum atomic E-state index is 9.09. The number of hydrogen-bond donors (Lipinski definition) is 1. The van der Waals surface area contributed by atoms with E-state index in [-0.39, 0.29) is 10.7 Å². The fourth-order valence-corrected chi connectivity index (χ4v) is 20.5. The maximum Gasteiger partial charge on any atom is 0.569 e. The van der Waals surface area contributed by atoms with Crippen LogP contribution >= 0.6 is 11.6 Å². The summed E-state index contributed by atoms with van der Waals surface area (Å²) in [6.45, 7) is 0. The molecule has 26 rings (SSSR count). The van der Waals surface area contributed by atoms with Gasteiger partial charge in [0.25, 0.3) is 0 Å². The Morgan fingerprint density at radius 3 is 0.898 bits per heavy atom. The number of furan rings is 2. The molecule has 0 amide bonds. The van der Waals surface area contributed by atoms with E-state index in [0.29, 0.717) is 34.9 Å². The van der Waals surface area contributed by atoms with E-state index < -0.39 is 5.41 Å². The van der Waals surface area contributed by atoms with E-state index in [1.165, 1.54) is 89.0 Å². The van der Waals surface area contributed by atoms with Crippen molar-refractivity contribution in [3.05, 3.63) is 474 Å². The lowest BCUT2D eigenvalue weighted by molar-refractivity contribution is 0.454. The molecular formula is C116H71BClN6O4. The summed E-state index contributed by atoms with van der Waals surface area (Å²) < 4.78 is 17.5.